The molecule has 0 aliphatic heterocycles. The molecule has 0 aliphatic carbocycles. The van der Waals surface area contributed by atoms with E-state index in [1.807, 2.05) is 22.7 Å². The Labute approximate surface area is 310 Å². The van der Waals surface area contributed by atoms with Gasteiger partial charge in [0.05, 0.1) is 0 Å². The van der Waals surface area contributed by atoms with Crippen molar-refractivity contribution in [3.05, 3.63) is 238 Å². The van der Waals surface area contributed by atoms with Gasteiger partial charge in [-0.3, -0.25) is 0 Å². The molecule has 8 aromatic rings. The highest BCUT2D eigenvalue weighted by molar-refractivity contribution is 7.44. The second kappa shape index (κ2) is 15.1. The second-order valence-electron chi connectivity index (χ2n) is 12.5. The van der Waals surface area contributed by atoms with E-state index in [1.165, 1.54) is 62.5 Å². The van der Waals surface area contributed by atoms with Crippen molar-refractivity contribution in [2.45, 2.75) is 0 Å². The van der Waals surface area contributed by atoms with Gasteiger partial charge in [0, 0.05) is 18.8 Å². The Morgan fingerprint density at radius 3 is 0.882 bits per heavy atom. The zero-order valence-corrected chi connectivity index (χ0v) is 30.7. The lowest BCUT2D eigenvalue weighted by Gasteiger charge is -2.31. The third kappa shape index (κ3) is 6.80. The molecule has 3 heteroatoms. The van der Waals surface area contributed by atoms with Crippen molar-refractivity contribution >= 4 is 73.4 Å². The largest absolute Gasteiger partial charge is 0.202 e. The van der Waals surface area contributed by atoms with E-state index in [1.54, 1.807) is 0 Å². The first kappa shape index (κ1) is 32.6. The Morgan fingerprint density at radius 2 is 0.588 bits per heavy atom. The highest BCUT2D eigenvalue weighted by Crippen LogP contribution is 2.30. The normalized spacial score (nSPS) is 11.1. The zero-order valence-electron chi connectivity index (χ0n) is 28.1. The number of benzene rings is 6. The van der Waals surface area contributed by atoms with Crippen molar-refractivity contribution in [2.75, 3.05) is 0 Å². The van der Waals surface area contributed by atoms with Crippen LogP contribution in [0, 0.1) is 0 Å². The van der Waals surface area contributed by atoms with Crippen molar-refractivity contribution in [3.8, 4) is 0 Å². The first-order valence-electron chi connectivity index (χ1n) is 17.3. The quantitative estimate of drug-likeness (QED) is 0.124. The summed E-state index contributed by atoms with van der Waals surface area (Å²) >= 11 is 3.87. The minimum atomic E-state index is -2.70. The Kier molecular flexibility index (Phi) is 9.67. The molecule has 6 aromatic carbocycles. The average molecular weight is 705 g/mol. The fourth-order valence-corrected chi connectivity index (χ4v) is 16.3. The molecule has 0 nitrogen and oxygen atoms in total. The highest BCUT2D eigenvalue weighted by atomic mass is 32.1. The van der Waals surface area contributed by atoms with Crippen LogP contribution in [0.3, 0.4) is 0 Å². The molecule has 0 saturated carbocycles. The van der Waals surface area contributed by atoms with Gasteiger partial charge >= 0.3 is 0 Å². The summed E-state index contributed by atoms with van der Waals surface area (Å²) < 4.78 is 2.85. The number of rotatable bonds is 10. The van der Waals surface area contributed by atoms with Gasteiger partial charge in [-0.1, -0.05) is 194 Å². The molecule has 0 fully saturated rings. The standard InChI is InChI=1S/C48H36S2Si/c1-7-19-37(20-8-1)45(38-21-9-2-10-22-38)35-41-31-33-47(49-41)51(43-27-15-5-16-28-43,44-29-17-6-18-30-44)48-34-32-42(50-48)36-46(39-23-11-3-12-24-39)40-25-13-4-14-26-40/h1-36H. The smallest absolute Gasteiger partial charge is 0.144 e. The molecule has 51 heavy (non-hydrogen) atoms. The molecule has 0 amide bonds. The molecule has 0 atom stereocenters. The van der Waals surface area contributed by atoms with E-state index in [-0.39, 0.29) is 0 Å². The van der Waals surface area contributed by atoms with Gasteiger partial charge in [-0.15, -0.1) is 22.7 Å². The van der Waals surface area contributed by atoms with Gasteiger partial charge in [-0.25, -0.2) is 0 Å². The Balaban J connectivity index is 1.32. The van der Waals surface area contributed by atoms with E-state index in [2.05, 4.69) is 218 Å². The lowest BCUT2D eigenvalue weighted by molar-refractivity contribution is 1.56. The van der Waals surface area contributed by atoms with Crippen molar-refractivity contribution in [1.82, 2.24) is 0 Å². The van der Waals surface area contributed by atoms with Gasteiger partial charge in [0.2, 0.25) is 8.07 Å². The van der Waals surface area contributed by atoms with Crippen LogP contribution in [0.25, 0.3) is 23.3 Å². The molecule has 0 bridgehead atoms. The number of hydrogen-bond donors (Lipinski definition) is 0. The Bertz CT molecular complexity index is 2120. The molecule has 0 N–H and O–H groups in total. The molecule has 2 aromatic heterocycles. The monoisotopic (exact) mass is 704 g/mol. The summed E-state index contributed by atoms with van der Waals surface area (Å²) in [6.07, 6.45) is 4.76. The van der Waals surface area contributed by atoms with Crippen molar-refractivity contribution in [1.29, 1.82) is 0 Å². The zero-order chi connectivity index (χ0) is 34.3. The van der Waals surface area contributed by atoms with Crippen molar-refractivity contribution in [2.24, 2.45) is 0 Å². The summed E-state index contributed by atoms with van der Waals surface area (Å²) in [4.78, 5) is 2.51. The molecular formula is C48H36S2Si. The number of hydrogen-bond acceptors (Lipinski definition) is 2. The fraction of sp³-hybridized carbons (Fsp3) is 0. The summed E-state index contributed by atoms with van der Waals surface area (Å²) in [5.41, 5.74) is 7.33. The van der Waals surface area contributed by atoms with Crippen LogP contribution in [0.4, 0.5) is 0 Å². The van der Waals surface area contributed by atoms with Crippen molar-refractivity contribution in [3.63, 3.8) is 0 Å². The maximum atomic E-state index is 2.41. The van der Waals surface area contributed by atoms with E-state index in [4.69, 9.17) is 0 Å². The summed E-state index contributed by atoms with van der Waals surface area (Å²) in [5.74, 6) is 0. The molecule has 8 rings (SSSR count). The molecular weight excluding hydrogens is 669 g/mol. The summed E-state index contributed by atoms with van der Waals surface area (Å²) in [5, 5.41) is 2.78. The van der Waals surface area contributed by atoms with E-state index in [0.717, 1.165) is 0 Å². The van der Waals surface area contributed by atoms with Crippen LogP contribution in [0.15, 0.2) is 206 Å². The van der Waals surface area contributed by atoms with Gasteiger partial charge in [-0.2, -0.15) is 0 Å². The van der Waals surface area contributed by atoms with Crippen molar-refractivity contribution < 1.29 is 0 Å². The van der Waals surface area contributed by atoms with Gasteiger partial charge in [-0.05, 0) is 68.1 Å². The first-order valence-corrected chi connectivity index (χ1v) is 20.9. The minimum Gasteiger partial charge on any atom is -0.144 e. The lowest BCUT2D eigenvalue weighted by Crippen LogP contribution is -2.73. The Hall–Kier alpha value is -5.58. The highest BCUT2D eigenvalue weighted by Gasteiger charge is 2.44. The molecule has 0 saturated heterocycles. The topological polar surface area (TPSA) is 0 Å². The van der Waals surface area contributed by atoms with Crippen LogP contribution >= 0.6 is 22.7 Å². The van der Waals surface area contributed by atoms with Crippen LogP contribution in [0.2, 0.25) is 0 Å². The molecule has 2 heterocycles. The molecule has 244 valence electrons. The number of thiophene rings is 2. The summed E-state index contributed by atoms with van der Waals surface area (Å²) in [7, 11) is -2.70. The van der Waals surface area contributed by atoms with Gasteiger partial charge in [0.15, 0.2) is 0 Å². The van der Waals surface area contributed by atoms with Crippen LogP contribution in [-0.2, 0) is 0 Å². The average Bonchev–Trinajstić information content (AvgIpc) is 3.89. The van der Waals surface area contributed by atoms with E-state index in [9.17, 15) is 0 Å². The maximum absolute atomic E-state index is 2.70. The first-order chi connectivity index (χ1) is 25.3. The minimum absolute atomic E-state index is 1.22. The summed E-state index contributed by atoms with van der Waals surface area (Å²) in [6, 6.07) is 75.0. The third-order valence-electron chi connectivity index (χ3n) is 9.32. The lowest BCUT2D eigenvalue weighted by atomic mass is 9.97. The van der Waals surface area contributed by atoms with Gasteiger partial charge in [0.25, 0.3) is 0 Å². The molecule has 0 aliphatic rings. The second-order valence-corrected chi connectivity index (χ2v) is 19.2. The maximum Gasteiger partial charge on any atom is 0.202 e. The predicted molar refractivity (Wildman–Crippen MR) is 226 cm³/mol. The predicted octanol–water partition coefficient (Wildman–Crippen LogP) is 10.4. The third-order valence-corrected chi connectivity index (χ3v) is 17.7. The van der Waals surface area contributed by atoms with E-state index < -0.39 is 8.07 Å². The molecule has 0 unspecified atom stereocenters. The molecule has 0 radical (unpaired) electrons. The fourth-order valence-electron chi connectivity index (χ4n) is 6.92. The van der Waals surface area contributed by atoms with E-state index >= 15 is 0 Å². The van der Waals surface area contributed by atoms with Crippen LogP contribution in [0.1, 0.15) is 32.0 Å². The van der Waals surface area contributed by atoms with Crippen LogP contribution < -0.4 is 19.4 Å². The van der Waals surface area contributed by atoms with Crippen LogP contribution in [0.5, 0.6) is 0 Å². The van der Waals surface area contributed by atoms with Gasteiger partial charge in [0.1, 0.15) is 0 Å². The SMILES string of the molecule is C(=C(c1ccccc1)c1ccccc1)c1ccc([Si](c2ccccc2)(c2ccccc2)c2ccc(C=C(c3ccccc3)c3ccccc3)s2)s1. The summed E-state index contributed by atoms with van der Waals surface area (Å²) in [6.45, 7) is 0. The van der Waals surface area contributed by atoms with Gasteiger partial charge < -0.3 is 0 Å². The van der Waals surface area contributed by atoms with E-state index in [0.29, 0.717) is 0 Å². The van der Waals surface area contributed by atoms with Crippen LogP contribution in [-0.4, -0.2) is 8.07 Å². The Morgan fingerprint density at radius 1 is 0.314 bits per heavy atom. The molecule has 0 spiro atoms.